The fourth-order valence-corrected chi connectivity index (χ4v) is 3.38. The first-order chi connectivity index (χ1) is 11.1. The van der Waals surface area contributed by atoms with Gasteiger partial charge in [-0.1, -0.05) is 11.2 Å². The largest absolute Gasteiger partial charge is 0.598 e. The zero-order valence-electron chi connectivity index (χ0n) is 14.6. The highest BCUT2D eigenvalue weighted by Gasteiger charge is 2.39. The Morgan fingerprint density at radius 1 is 1.54 bits per heavy atom. The van der Waals surface area contributed by atoms with Gasteiger partial charge in [0.25, 0.3) is 0 Å². The molecule has 0 aliphatic carbocycles. The summed E-state index contributed by atoms with van der Waals surface area (Å²) in [6.07, 6.45) is 0.329. The number of benzene rings is 1. The van der Waals surface area contributed by atoms with E-state index in [1.54, 1.807) is 13.0 Å². The average molecular weight is 354 g/mol. The van der Waals surface area contributed by atoms with Crippen molar-refractivity contribution in [1.82, 2.24) is 4.72 Å². The average Bonchev–Trinajstić information content (AvgIpc) is 2.83. The molecule has 8 heteroatoms. The minimum absolute atomic E-state index is 0.118. The van der Waals surface area contributed by atoms with Crippen molar-refractivity contribution < 1.29 is 13.7 Å². The van der Waals surface area contributed by atoms with Crippen LogP contribution in [0.5, 0.6) is 5.75 Å². The van der Waals surface area contributed by atoms with Gasteiger partial charge in [0.15, 0.2) is 0 Å². The van der Waals surface area contributed by atoms with Gasteiger partial charge in [-0.25, -0.2) is 4.39 Å². The van der Waals surface area contributed by atoms with Gasteiger partial charge >= 0.3 is 0 Å². The van der Waals surface area contributed by atoms with Crippen molar-refractivity contribution >= 4 is 11.4 Å². The molecule has 132 valence electrons. The SMILES string of the molecule is CC(N[S@+]([O-])C(C)(C)C)c1ccc(F)c2c1OC(C)(CN=[N+]=[N-])C2. The number of rotatable bonds is 5. The Morgan fingerprint density at radius 2 is 2.21 bits per heavy atom. The summed E-state index contributed by atoms with van der Waals surface area (Å²) in [6, 6.07) is 2.77. The topological polar surface area (TPSA) is 93.1 Å². The molecule has 2 rings (SSSR count). The summed E-state index contributed by atoms with van der Waals surface area (Å²) in [5.74, 6) is 0.110. The lowest BCUT2D eigenvalue weighted by molar-refractivity contribution is 0.124. The van der Waals surface area contributed by atoms with E-state index in [4.69, 9.17) is 10.3 Å². The van der Waals surface area contributed by atoms with Crippen LogP contribution in [0.4, 0.5) is 4.39 Å². The van der Waals surface area contributed by atoms with Crippen LogP contribution in [0.15, 0.2) is 17.2 Å². The molecule has 0 radical (unpaired) electrons. The molecule has 0 spiro atoms. The first-order valence-electron chi connectivity index (χ1n) is 7.76. The Labute approximate surface area is 144 Å². The molecule has 1 aromatic carbocycles. The van der Waals surface area contributed by atoms with Crippen LogP contribution in [0.1, 0.15) is 51.8 Å². The molecule has 1 N–H and O–H groups in total. The number of hydrogen-bond donors (Lipinski definition) is 1. The lowest BCUT2D eigenvalue weighted by atomic mass is 9.97. The maximum atomic E-state index is 14.2. The Morgan fingerprint density at radius 3 is 2.79 bits per heavy atom. The highest BCUT2D eigenvalue weighted by molar-refractivity contribution is 7.90. The third-order valence-corrected chi connectivity index (χ3v) is 5.59. The molecule has 0 saturated heterocycles. The lowest BCUT2D eigenvalue weighted by Crippen LogP contribution is -2.40. The van der Waals surface area contributed by atoms with Crippen molar-refractivity contribution in [1.29, 1.82) is 0 Å². The molecule has 1 aromatic rings. The van der Waals surface area contributed by atoms with Gasteiger partial charge < -0.3 is 9.29 Å². The van der Waals surface area contributed by atoms with E-state index in [1.807, 2.05) is 27.7 Å². The van der Waals surface area contributed by atoms with Gasteiger partial charge in [-0.2, -0.15) is 0 Å². The van der Waals surface area contributed by atoms with Crippen molar-refractivity contribution in [2.45, 2.75) is 57.4 Å². The van der Waals surface area contributed by atoms with Crippen LogP contribution in [0.3, 0.4) is 0 Å². The molecule has 1 aliphatic rings. The molecule has 0 fully saturated rings. The van der Waals surface area contributed by atoms with Crippen LogP contribution in [-0.2, 0) is 17.8 Å². The van der Waals surface area contributed by atoms with Gasteiger partial charge in [0.2, 0.25) is 0 Å². The van der Waals surface area contributed by atoms with E-state index >= 15 is 0 Å². The summed E-state index contributed by atoms with van der Waals surface area (Å²) in [7, 11) is 0. The van der Waals surface area contributed by atoms with E-state index in [0.29, 0.717) is 17.7 Å². The van der Waals surface area contributed by atoms with Crippen molar-refractivity contribution in [3.63, 3.8) is 0 Å². The molecule has 24 heavy (non-hydrogen) atoms. The van der Waals surface area contributed by atoms with Gasteiger partial charge in [-0.15, -0.1) is 4.72 Å². The van der Waals surface area contributed by atoms with Crippen molar-refractivity contribution in [2.24, 2.45) is 5.11 Å². The fraction of sp³-hybridized carbons (Fsp3) is 0.625. The van der Waals surface area contributed by atoms with E-state index in [0.717, 1.165) is 5.56 Å². The molecule has 1 aliphatic heterocycles. The minimum atomic E-state index is -1.26. The van der Waals surface area contributed by atoms with Crippen LogP contribution in [0.25, 0.3) is 10.4 Å². The molecule has 6 nitrogen and oxygen atoms in total. The van der Waals surface area contributed by atoms with Gasteiger partial charge in [0.05, 0.1) is 12.6 Å². The molecule has 0 bridgehead atoms. The van der Waals surface area contributed by atoms with Gasteiger partial charge in [-0.05, 0) is 46.2 Å². The van der Waals surface area contributed by atoms with Gasteiger partial charge in [-0.3, -0.25) is 0 Å². The Kier molecular flexibility index (Phi) is 5.34. The lowest BCUT2D eigenvalue weighted by Gasteiger charge is -2.27. The zero-order valence-corrected chi connectivity index (χ0v) is 15.4. The zero-order chi connectivity index (χ0) is 18.1. The first kappa shape index (κ1) is 18.9. The second-order valence-corrected chi connectivity index (χ2v) is 9.28. The predicted molar refractivity (Wildman–Crippen MR) is 92.6 cm³/mol. The predicted octanol–water partition coefficient (Wildman–Crippen LogP) is 3.94. The number of nitrogens with one attached hydrogen (secondary N) is 1. The van der Waals surface area contributed by atoms with Crippen molar-refractivity contribution in [3.8, 4) is 5.75 Å². The van der Waals surface area contributed by atoms with E-state index in [9.17, 15) is 8.94 Å². The number of hydrogen-bond acceptors (Lipinski definition) is 4. The second-order valence-electron chi connectivity index (χ2n) is 7.28. The summed E-state index contributed by atoms with van der Waals surface area (Å²) in [4.78, 5) is 2.75. The maximum absolute atomic E-state index is 14.2. The van der Waals surface area contributed by atoms with Crippen LogP contribution in [0, 0.1) is 5.82 Å². The van der Waals surface area contributed by atoms with Crippen molar-refractivity contribution in [2.75, 3.05) is 6.54 Å². The van der Waals surface area contributed by atoms with Crippen LogP contribution in [0.2, 0.25) is 0 Å². The molecule has 2 unspecified atom stereocenters. The summed E-state index contributed by atoms with van der Waals surface area (Å²) >= 11 is -1.26. The number of nitrogens with zero attached hydrogens (tertiary/aromatic N) is 3. The minimum Gasteiger partial charge on any atom is -0.598 e. The molecule has 0 amide bonds. The number of azide groups is 1. The third-order valence-electron chi connectivity index (χ3n) is 3.91. The summed E-state index contributed by atoms with van der Waals surface area (Å²) < 4.78 is 35.1. The summed E-state index contributed by atoms with van der Waals surface area (Å²) in [6.45, 7) is 9.41. The Bertz CT molecular complexity index is 673. The quantitative estimate of drug-likeness (QED) is 0.375. The van der Waals surface area contributed by atoms with E-state index in [-0.39, 0.29) is 18.4 Å². The molecule has 0 aromatic heterocycles. The van der Waals surface area contributed by atoms with Gasteiger partial charge in [0.1, 0.15) is 21.9 Å². The molecular formula is C16H23FN4O2S. The van der Waals surface area contributed by atoms with E-state index in [2.05, 4.69) is 14.7 Å². The smallest absolute Gasteiger partial charge is 0.136 e. The fourth-order valence-electron chi connectivity index (χ4n) is 2.57. The number of halogens is 1. The van der Waals surface area contributed by atoms with E-state index in [1.165, 1.54) is 6.07 Å². The molecule has 3 atom stereocenters. The van der Waals surface area contributed by atoms with Gasteiger partial charge in [0, 0.05) is 33.8 Å². The third kappa shape index (κ3) is 3.95. The Balaban J connectivity index is 2.30. The molecular weight excluding hydrogens is 331 g/mol. The Hall–Kier alpha value is -1.47. The second kappa shape index (κ2) is 6.80. The molecule has 1 heterocycles. The van der Waals surface area contributed by atoms with Crippen LogP contribution in [-0.4, -0.2) is 21.4 Å². The summed E-state index contributed by atoms with van der Waals surface area (Å²) in [5, 5.41) is 3.56. The maximum Gasteiger partial charge on any atom is 0.136 e. The normalized spacial score (nSPS) is 22.3. The number of ether oxygens (including phenoxy) is 1. The first-order valence-corrected chi connectivity index (χ1v) is 8.91. The van der Waals surface area contributed by atoms with Crippen LogP contribution >= 0.6 is 0 Å². The monoisotopic (exact) mass is 354 g/mol. The van der Waals surface area contributed by atoms with E-state index < -0.39 is 21.7 Å². The van der Waals surface area contributed by atoms with Crippen LogP contribution < -0.4 is 9.46 Å². The standard InChI is InChI=1S/C16H23FN4O2S/c1-10(20-24(22)15(2,3)4)11-6-7-13(17)12-8-16(5,9-19-21-18)23-14(11)12/h6-7,10,20H,8-9H2,1-5H3/t10?,16?,24-/m1/s1. The number of fused-ring (bicyclic) bond motifs is 1. The summed E-state index contributed by atoms with van der Waals surface area (Å²) in [5.41, 5.74) is 8.96. The highest BCUT2D eigenvalue weighted by atomic mass is 32.2. The van der Waals surface area contributed by atoms with Crippen molar-refractivity contribution in [3.05, 3.63) is 39.5 Å². The molecule has 0 saturated carbocycles. The highest BCUT2D eigenvalue weighted by Crippen LogP contribution is 2.42.